The lowest BCUT2D eigenvalue weighted by atomic mass is 9.88. The van der Waals surface area contributed by atoms with Gasteiger partial charge in [-0.1, -0.05) is 48.5 Å². The lowest BCUT2D eigenvalue weighted by Gasteiger charge is -2.32. The molecule has 2 aromatic rings. The first kappa shape index (κ1) is 20.1. The van der Waals surface area contributed by atoms with E-state index in [0.717, 1.165) is 43.5 Å². The molecular formula is C23H27NO4. The van der Waals surface area contributed by atoms with Crippen molar-refractivity contribution >= 4 is 11.9 Å². The molecule has 1 saturated heterocycles. The van der Waals surface area contributed by atoms with Crippen LogP contribution in [0.1, 0.15) is 40.7 Å². The summed E-state index contributed by atoms with van der Waals surface area (Å²) in [6, 6.07) is 17.1. The zero-order valence-electron chi connectivity index (χ0n) is 16.0. The van der Waals surface area contributed by atoms with Gasteiger partial charge in [0.15, 0.2) is 0 Å². The van der Waals surface area contributed by atoms with Crippen molar-refractivity contribution in [2.75, 3.05) is 19.7 Å². The fraction of sp³-hybridized carbons (Fsp3) is 0.391. The molecule has 1 heterocycles. The van der Waals surface area contributed by atoms with E-state index < -0.39 is 5.97 Å². The minimum absolute atomic E-state index is 0.137. The third-order valence-electron chi connectivity index (χ3n) is 5.30. The summed E-state index contributed by atoms with van der Waals surface area (Å²) in [4.78, 5) is 25.7. The number of benzene rings is 2. The van der Waals surface area contributed by atoms with Crippen molar-refractivity contribution in [1.29, 1.82) is 0 Å². The van der Waals surface area contributed by atoms with Gasteiger partial charge < -0.3 is 14.7 Å². The Labute approximate surface area is 165 Å². The summed E-state index contributed by atoms with van der Waals surface area (Å²) < 4.78 is 5.61. The zero-order chi connectivity index (χ0) is 19.8. The monoisotopic (exact) mass is 381 g/mol. The molecule has 2 aromatic carbocycles. The van der Waals surface area contributed by atoms with Crippen LogP contribution < -0.4 is 0 Å². The highest BCUT2D eigenvalue weighted by molar-refractivity contribution is 5.89. The number of piperidine rings is 1. The van der Waals surface area contributed by atoms with Crippen LogP contribution in [0.3, 0.4) is 0 Å². The summed E-state index contributed by atoms with van der Waals surface area (Å²) in [5.41, 5.74) is 2.38. The predicted octanol–water partition coefficient (Wildman–Crippen LogP) is 3.77. The second-order valence-electron chi connectivity index (χ2n) is 7.28. The molecule has 5 nitrogen and oxygen atoms in total. The molecule has 0 radical (unpaired) electrons. The van der Waals surface area contributed by atoms with Crippen LogP contribution in [0.2, 0.25) is 0 Å². The van der Waals surface area contributed by atoms with E-state index in [0.29, 0.717) is 31.1 Å². The standard InChI is InChI=1S/C23H27NO4/c25-22(12-15-28-17-19-6-2-1-3-7-19)24-13-10-18(11-14-24)16-20-8-4-5-9-21(20)23(26)27/h1-9,18H,10-17H2,(H,26,27). The molecule has 28 heavy (non-hydrogen) atoms. The summed E-state index contributed by atoms with van der Waals surface area (Å²) in [5.74, 6) is -0.324. The largest absolute Gasteiger partial charge is 0.478 e. The van der Waals surface area contributed by atoms with Crippen molar-refractivity contribution < 1.29 is 19.4 Å². The van der Waals surface area contributed by atoms with Crippen LogP contribution in [0.25, 0.3) is 0 Å². The average molecular weight is 381 g/mol. The lowest BCUT2D eigenvalue weighted by molar-refractivity contribution is -0.133. The van der Waals surface area contributed by atoms with Crippen molar-refractivity contribution in [3.63, 3.8) is 0 Å². The molecule has 1 aliphatic rings. The number of likely N-dealkylation sites (tertiary alicyclic amines) is 1. The maximum atomic E-state index is 12.4. The molecule has 0 aliphatic carbocycles. The number of rotatable bonds is 8. The number of hydrogen-bond donors (Lipinski definition) is 1. The molecule has 148 valence electrons. The van der Waals surface area contributed by atoms with E-state index >= 15 is 0 Å². The number of aromatic carboxylic acids is 1. The van der Waals surface area contributed by atoms with Crippen LogP contribution in [-0.4, -0.2) is 41.6 Å². The van der Waals surface area contributed by atoms with Gasteiger partial charge in [0.25, 0.3) is 0 Å². The fourth-order valence-corrected chi connectivity index (χ4v) is 3.69. The molecule has 3 rings (SSSR count). The fourth-order valence-electron chi connectivity index (χ4n) is 3.69. The maximum Gasteiger partial charge on any atom is 0.335 e. The Bertz CT molecular complexity index is 782. The van der Waals surface area contributed by atoms with E-state index in [1.165, 1.54) is 0 Å². The number of amides is 1. The minimum atomic E-state index is -0.876. The number of carbonyl (C=O) groups is 2. The predicted molar refractivity (Wildman–Crippen MR) is 107 cm³/mol. The maximum absolute atomic E-state index is 12.4. The van der Waals surface area contributed by atoms with E-state index in [1.54, 1.807) is 12.1 Å². The van der Waals surface area contributed by atoms with Crippen LogP contribution in [0.5, 0.6) is 0 Å². The number of carboxylic acid groups (broad SMARTS) is 1. The Morgan fingerprint density at radius 3 is 2.39 bits per heavy atom. The molecule has 0 atom stereocenters. The van der Waals surface area contributed by atoms with Crippen LogP contribution in [0.15, 0.2) is 54.6 Å². The third kappa shape index (κ3) is 5.67. The molecular weight excluding hydrogens is 354 g/mol. The van der Waals surface area contributed by atoms with Gasteiger partial charge in [-0.25, -0.2) is 4.79 Å². The first-order valence-corrected chi connectivity index (χ1v) is 9.84. The summed E-state index contributed by atoms with van der Waals surface area (Å²) in [6.45, 7) is 2.42. The molecule has 1 fully saturated rings. The van der Waals surface area contributed by atoms with Crippen LogP contribution in [0.4, 0.5) is 0 Å². The quantitative estimate of drug-likeness (QED) is 0.707. The number of carboxylic acids is 1. The molecule has 0 unspecified atom stereocenters. The molecule has 0 bridgehead atoms. The highest BCUT2D eigenvalue weighted by Crippen LogP contribution is 2.24. The van der Waals surface area contributed by atoms with Gasteiger partial charge in [0, 0.05) is 13.1 Å². The zero-order valence-corrected chi connectivity index (χ0v) is 16.0. The van der Waals surface area contributed by atoms with E-state index in [-0.39, 0.29) is 5.91 Å². The van der Waals surface area contributed by atoms with E-state index in [1.807, 2.05) is 47.4 Å². The number of hydrogen-bond acceptors (Lipinski definition) is 3. The highest BCUT2D eigenvalue weighted by atomic mass is 16.5. The smallest absolute Gasteiger partial charge is 0.335 e. The molecule has 1 N–H and O–H groups in total. The van der Waals surface area contributed by atoms with Crippen molar-refractivity contribution in [2.45, 2.75) is 32.3 Å². The second kappa shape index (κ2) is 10.0. The Morgan fingerprint density at radius 2 is 1.68 bits per heavy atom. The molecule has 1 amide bonds. The lowest BCUT2D eigenvalue weighted by Crippen LogP contribution is -2.39. The summed E-state index contributed by atoms with van der Waals surface area (Å²) >= 11 is 0. The van der Waals surface area contributed by atoms with E-state index in [9.17, 15) is 14.7 Å². The van der Waals surface area contributed by atoms with Crippen molar-refractivity contribution in [3.8, 4) is 0 Å². The average Bonchev–Trinajstić information content (AvgIpc) is 2.72. The molecule has 0 saturated carbocycles. The third-order valence-corrected chi connectivity index (χ3v) is 5.30. The molecule has 5 heteroatoms. The number of nitrogens with zero attached hydrogens (tertiary/aromatic N) is 1. The first-order valence-electron chi connectivity index (χ1n) is 9.84. The highest BCUT2D eigenvalue weighted by Gasteiger charge is 2.24. The SMILES string of the molecule is O=C(O)c1ccccc1CC1CCN(C(=O)CCOCc2ccccc2)CC1. The normalized spacial score (nSPS) is 14.8. The van der Waals surface area contributed by atoms with Gasteiger partial charge in [-0.15, -0.1) is 0 Å². The molecule has 1 aliphatic heterocycles. The molecule has 0 spiro atoms. The Morgan fingerprint density at radius 1 is 1.00 bits per heavy atom. The Kier molecular flexibility index (Phi) is 7.20. The second-order valence-corrected chi connectivity index (χ2v) is 7.28. The van der Waals surface area contributed by atoms with Gasteiger partial charge in [0.2, 0.25) is 5.91 Å². The van der Waals surface area contributed by atoms with Gasteiger partial charge in [0.1, 0.15) is 0 Å². The Balaban J connectivity index is 1.39. The minimum Gasteiger partial charge on any atom is -0.478 e. The summed E-state index contributed by atoms with van der Waals surface area (Å²) in [6.07, 6.45) is 2.97. The van der Waals surface area contributed by atoms with E-state index in [4.69, 9.17) is 4.74 Å². The summed E-state index contributed by atoms with van der Waals surface area (Å²) in [5, 5.41) is 9.32. The van der Waals surface area contributed by atoms with Crippen molar-refractivity contribution in [2.24, 2.45) is 5.92 Å². The Hall–Kier alpha value is -2.66. The van der Waals surface area contributed by atoms with Gasteiger partial charge in [-0.05, 0) is 42.4 Å². The van der Waals surface area contributed by atoms with Gasteiger partial charge in [-0.2, -0.15) is 0 Å². The number of carbonyl (C=O) groups excluding carboxylic acids is 1. The van der Waals surface area contributed by atoms with Crippen molar-refractivity contribution in [3.05, 3.63) is 71.3 Å². The molecule has 0 aromatic heterocycles. The van der Waals surface area contributed by atoms with E-state index in [2.05, 4.69) is 0 Å². The topological polar surface area (TPSA) is 66.8 Å². The first-order chi connectivity index (χ1) is 13.6. The van der Waals surface area contributed by atoms with Gasteiger partial charge >= 0.3 is 5.97 Å². The van der Waals surface area contributed by atoms with Crippen LogP contribution in [-0.2, 0) is 22.6 Å². The summed E-state index contributed by atoms with van der Waals surface area (Å²) in [7, 11) is 0. The van der Waals surface area contributed by atoms with Crippen molar-refractivity contribution in [1.82, 2.24) is 4.90 Å². The number of ether oxygens (including phenoxy) is 1. The van der Waals surface area contributed by atoms with Gasteiger partial charge in [-0.3, -0.25) is 4.79 Å². The van der Waals surface area contributed by atoms with Gasteiger partial charge in [0.05, 0.1) is 25.2 Å². The van der Waals surface area contributed by atoms with Crippen LogP contribution in [0, 0.1) is 5.92 Å². The van der Waals surface area contributed by atoms with Crippen LogP contribution >= 0.6 is 0 Å².